The summed E-state index contributed by atoms with van der Waals surface area (Å²) in [4.78, 5) is 0. The van der Waals surface area contributed by atoms with E-state index in [-0.39, 0.29) is 5.82 Å². The molecule has 0 saturated heterocycles. The van der Waals surface area contributed by atoms with E-state index in [2.05, 4.69) is 15.9 Å². The maximum atomic E-state index is 13.0. The molecular formula is C15H15BrFNO. The van der Waals surface area contributed by atoms with Gasteiger partial charge >= 0.3 is 0 Å². The monoisotopic (exact) mass is 323 g/mol. The quantitative estimate of drug-likeness (QED) is 0.915. The molecule has 0 radical (unpaired) electrons. The van der Waals surface area contributed by atoms with Gasteiger partial charge in [0.1, 0.15) is 17.3 Å². The maximum Gasteiger partial charge on any atom is 0.141 e. The van der Waals surface area contributed by atoms with Crippen LogP contribution in [0.3, 0.4) is 0 Å². The molecule has 2 aromatic carbocycles. The highest BCUT2D eigenvalue weighted by Gasteiger charge is 2.06. The van der Waals surface area contributed by atoms with Crippen molar-refractivity contribution in [2.45, 2.75) is 13.3 Å². The highest BCUT2D eigenvalue weighted by molar-refractivity contribution is 9.10. The molecule has 4 heteroatoms. The molecule has 0 fully saturated rings. The van der Waals surface area contributed by atoms with Crippen LogP contribution in [-0.4, -0.2) is 6.54 Å². The predicted octanol–water partition coefficient (Wildman–Crippen LogP) is 4.19. The van der Waals surface area contributed by atoms with Crippen LogP contribution in [0.25, 0.3) is 0 Å². The lowest BCUT2D eigenvalue weighted by atomic mass is 10.1. The van der Waals surface area contributed by atoms with Crippen molar-refractivity contribution in [3.05, 3.63) is 57.8 Å². The summed E-state index contributed by atoms with van der Waals surface area (Å²) in [6, 6.07) is 10.2. The van der Waals surface area contributed by atoms with Gasteiger partial charge < -0.3 is 10.5 Å². The van der Waals surface area contributed by atoms with E-state index < -0.39 is 0 Å². The molecule has 0 spiro atoms. The fourth-order valence-electron chi connectivity index (χ4n) is 1.85. The van der Waals surface area contributed by atoms with E-state index in [4.69, 9.17) is 10.5 Å². The summed E-state index contributed by atoms with van der Waals surface area (Å²) in [6.07, 6.45) is 0.854. The summed E-state index contributed by atoms with van der Waals surface area (Å²) in [7, 11) is 0. The highest BCUT2D eigenvalue weighted by Crippen LogP contribution is 2.31. The third-order valence-corrected chi connectivity index (χ3v) is 3.47. The number of halogens is 2. The van der Waals surface area contributed by atoms with Gasteiger partial charge in [0.05, 0.1) is 4.47 Å². The summed E-state index contributed by atoms with van der Waals surface area (Å²) in [6.45, 7) is 2.65. The van der Waals surface area contributed by atoms with Gasteiger partial charge in [0.15, 0.2) is 0 Å². The summed E-state index contributed by atoms with van der Waals surface area (Å²) < 4.78 is 19.3. The fraction of sp³-hybridized carbons (Fsp3) is 0.200. The topological polar surface area (TPSA) is 35.2 Å². The van der Waals surface area contributed by atoms with Gasteiger partial charge in [-0.2, -0.15) is 0 Å². The Hall–Kier alpha value is -1.39. The zero-order chi connectivity index (χ0) is 13.8. The minimum atomic E-state index is -0.298. The lowest BCUT2D eigenvalue weighted by molar-refractivity contribution is 0.476. The molecule has 0 aromatic heterocycles. The van der Waals surface area contributed by atoms with Crippen LogP contribution in [0, 0.1) is 12.7 Å². The van der Waals surface area contributed by atoms with Crippen molar-refractivity contribution in [1.82, 2.24) is 0 Å². The van der Waals surface area contributed by atoms with Crippen molar-refractivity contribution >= 4 is 15.9 Å². The van der Waals surface area contributed by atoms with Crippen molar-refractivity contribution < 1.29 is 9.13 Å². The lowest BCUT2D eigenvalue weighted by Gasteiger charge is -2.10. The second kappa shape index (κ2) is 6.17. The number of benzene rings is 2. The number of ether oxygens (including phenoxy) is 1. The zero-order valence-electron chi connectivity index (χ0n) is 10.6. The fourth-order valence-corrected chi connectivity index (χ4v) is 2.28. The van der Waals surface area contributed by atoms with E-state index in [1.54, 1.807) is 6.07 Å². The van der Waals surface area contributed by atoms with Crippen molar-refractivity contribution in [2.75, 3.05) is 6.54 Å². The number of aryl methyl sites for hydroxylation is 1. The first kappa shape index (κ1) is 14.0. The molecule has 0 aliphatic heterocycles. The molecule has 2 nitrogen and oxygen atoms in total. The summed E-state index contributed by atoms with van der Waals surface area (Å²) >= 11 is 3.28. The second-order valence-electron chi connectivity index (χ2n) is 4.30. The average Bonchev–Trinajstić information content (AvgIpc) is 2.36. The van der Waals surface area contributed by atoms with Crippen molar-refractivity contribution in [3.8, 4) is 11.5 Å². The van der Waals surface area contributed by atoms with Gasteiger partial charge in [-0.25, -0.2) is 4.39 Å². The predicted molar refractivity (Wildman–Crippen MR) is 78.1 cm³/mol. The Morgan fingerprint density at radius 3 is 2.63 bits per heavy atom. The third kappa shape index (κ3) is 3.55. The van der Waals surface area contributed by atoms with Crippen LogP contribution in [0.1, 0.15) is 11.1 Å². The summed E-state index contributed by atoms with van der Waals surface area (Å²) in [5.74, 6) is 1.02. The second-order valence-corrected chi connectivity index (χ2v) is 5.16. The van der Waals surface area contributed by atoms with Crippen LogP contribution in [0.5, 0.6) is 11.5 Å². The first-order chi connectivity index (χ1) is 9.10. The Morgan fingerprint density at radius 1 is 1.21 bits per heavy atom. The van der Waals surface area contributed by atoms with Crippen LogP contribution in [0.15, 0.2) is 40.9 Å². The minimum absolute atomic E-state index is 0.298. The number of hydrogen-bond acceptors (Lipinski definition) is 2. The van der Waals surface area contributed by atoms with Crippen molar-refractivity contribution in [2.24, 2.45) is 5.73 Å². The van der Waals surface area contributed by atoms with Gasteiger partial charge in [-0.1, -0.05) is 6.07 Å². The Morgan fingerprint density at radius 2 is 2.00 bits per heavy atom. The molecule has 0 bridgehead atoms. The Bertz CT molecular complexity index is 586. The normalized spacial score (nSPS) is 10.5. The largest absolute Gasteiger partial charge is 0.456 e. The van der Waals surface area contributed by atoms with E-state index in [1.807, 2.05) is 25.1 Å². The van der Waals surface area contributed by atoms with Gasteiger partial charge in [0.25, 0.3) is 0 Å². The van der Waals surface area contributed by atoms with Crippen LogP contribution < -0.4 is 10.5 Å². The molecule has 2 aromatic rings. The van der Waals surface area contributed by atoms with E-state index in [1.165, 1.54) is 17.7 Å². The molecule has 0 unspecified atom stereocenters. The molecule has 0 amide bonds. The third-order valence-electron chi connectivity index (χ3n) is 2.85. The molecule has 19 heavy (non-hydrogen) atoms. The molecule has 0 aliphatic rings. The van der Waals surface area contributed by atoms with Gasteiger partial charge in [-0.3, -0.25) is 0 Å². The Labute approximate surface area is 120 Å². The first-order valence-corrected chi connectivity index (χ1v) is 6.82. The Balaban J connectivity index is 2.21. The maximum absolute atomic E-state index is 13.0. The van der Waals surface area contributed by atoms with E-state index >= 15 is 0 Å². The smallest absolute Gasteiger partial charge is 0.141 e. The van der Waals surface area contributed by atoms with Crippen LogP contribution in [0.4, 0.5) is 4.39 Å². The molecule has 0 heterocycles. The van der Waals surface area contributed by atoms with Crippen molar-refractivity contribution in [3.63, 3.8) is 0 Å². The number of nitrogens with two attached hydrogens (primary N) is 1. The standard InChI is InChI=1S/C15H15BrFNO/c1-10-8-13(4-2-11(10)6-7-18)19-15-5-3-12(17)9-14(15)16/h2-5,8-9H,6-7,18H2,1H3. The van der Waals surface area contributed by atoms with Crippen LogP contribution in [0.2, 0.25) is 0 Å². The molecule has 0 saturated carbocycles. The average molecular weight is 324 g/mol. The Kier molecular flexibility index (Phi) is 4.56. The molecule has 0 aliphatic carbocycles. The number of hydrogen-bond donors (Lipinski definition) is 1. The number of rotatable bonds is 4. The van der Waals surface area contributed by atoms with Gasteiger partial charge in [0, 0.05) is 0 Å². The molecule has 2 N–H and O–H groups in total. The summed E-state index contributed by atoms with van der Waals surface area (Å²) in [5.41, 5.74) is 7.91. The van der Waals surface area contributed by atoms with E-state index in [0.29, 0.717) is 16.8 Å². The van der Waals surface area contributed by atoms with E-state index in [9.17, 15) is 4.39 Å². The van der Waals surface area contributed by atoms with Crippen LogP contribution in [-0.2, 0) is 6.42 Å². The SMILES string of the molecule is Cc1cc(Oc2ccc(F)cc2Br)ccc1CCN. The molecule has 100 valence electrons. The van der Waals surface area contributed by atoms with Gasteiger partial charge in [0.2, 0.25) is 0 Å². The lowest BCUT2D eigenvalue weighted by Crippen LogP contribution is -2.04. The highest BCUT2D eigenvalue weighted by atomic mass is 79.9. The van der Waals surface area contributed by atoms with Gasteiger partial charge in [-0.05, 0) is 77.3 Å². The van der Waals surface area contributed by atoms with E-state index in [0.717, 1.165) is 17.7 Å². The molecule has 2 rings (SSSR count). The molecular weight excluding hydrogens is 309 g/mol. The molecule has 0 atom stereocenters. The first-order valence-electron chi connectivity index (χ1n) is 6.02. The zero-order valence-corrected chi connectivity index (χ0v) is 12.2. The summed E-state index contributed by atoms with van der Waals surface area (Å²) in [5, 5.41) is 0. The van der Waals surface area contributed by atoms with Crippen LogP contribution >= 0.6 is 15.9 Å². The van der Waals surface area contributed by atoms with Gasteiger partial charge in [-0.15, -0.1) is 0 Å². The minimum Gasteiger partial charge on any atom is -0.456 e. The van der Waals surface area contributed by atoms with Crippen molar-refractivity contribution in [1.29, 1.82) is 0 Å².